The van der Waals surface area contributed by atoms with Crippen molar-refractivity contribution < 1.29 is 61.9 Å². The quantitative estimate of drug-likeness (QED) is 0.0321. The van der Waals surface area contributed by atoms with Crippen molar-refractivity contribution in [2.45, 2.75) is 220 Å². The normalized spacial score (nSPS) is 19.3. The van der Waals surface area contributed by atoms with Gasteiger partial charge in [0.1, 0.15) is 31.8 Å². The van der Waals surface area contributed by atoms with Crippen LogP contribution in [0.15, 0.2) is 0 Å². The van der Waals surface area contributed by atoms with Gasteiger partial charge in [-0.1, -0.05) is 105 Å². The maximum absolute atomic E-state index is 13.6. The van der Waals surface area contributed by atoms with Crippen LogP contribution in [-0.2, 0) is 57.1 Å². The summed E-state index contributed by atoms with van der Waals surface area (Å²) in [5, 5.41) is 0. The van der Waals surface area contributed by atoms with Crippen molar-refractivity contribution in [3.05, 3.63) is 0 Å². The number of esters is 5. The van der Waals surface area contributed by atoms with Crippen molar-refractivity contribution in [3.8, 4) is 0 Å². The molecule has 1 spiro atoms. The van der Waals surface area contributed by atoms with Gasteiger partial charge in [0.2, 0.25) is 0 Å². The molecule has 2 unspecified atom stereocenters. The van der Waals surface area contributed by atoms with Crippen molar-refractivity contribution in [2.24, 2.45) is 28.6 Å². The van der Waals surface area contributed by atoms with Crippen molar-refractivity contribution in [2.75, 3.05) is 65.9 Å². The maximum Gasteiger partial charge on any atom is 0.508 e. The van der Waals surface area contributed by atoms with E-state index in [0.717, 1.165) is 76.9 Å². The van der Waals surface area contributed by atoms with Gasteiger partial charge in [-0.2, -0.15) is 0 Å². The Kier molecular flexibility index (Phi) is 30.9. The molecule has 4 aliphatic carbocycles. The summed E-state index contributed by atoms with van der Waals surface area (Å²) < 4.78 is 39.3. The Morgan fingerprint density at radius 2 is 0.855 bits per heavy atom. The van der Waals surface area contributed by atoms with Gasteiger partial charge in [-0.15, -0.1) is 0 Å². The lowest BCUT2D eigenvalue weighted by Gasteiger charge is -2.60. The highest BCUT2D eigenvalue weighted by atomic mass is 16.7. The van der Waals surface area contributed by atoms with Crippen LogP contribution >= 0.6 is 0 Å². The molecule has 398 valence electrons. The first-order valence-corrected chi connectivity index (χ1v) is 27.7. The van der Waals surface area contributed by atoms with Crippen LogP contribution in [-0.4, -0.2) is 107 Å². The zero-order chi connectivity index (χ0) is 50.0. The summed E-state index contributed by atoms with van der Waals surface area (Å²) in [7, 11) is 0. The van der Waals surface area contributed by atoms with Crippen LogP contribution in [0.4, 0.5) is 4.79 Å². The van der Waals surface area contributed by atoms with Gasteiger partial charge in [0.25, 0.3) is 0 Å². The molecule has 0 N–H and O–H groups in total. The van der Waals surface area contributed by atoms with Gasteiger partial charge in [-0.05, 0) is 120 Å². The predicted molar refractivity (Wildman–Crippen MR) is 265 cm³/mol. The third-order valence-corrected chi connectivity index (χ3v) is 14.6. The third kappa shape index (κ3) is 26.6. The molecule has 0 heterocycles. The summed E-state index contributed by atoms with van der Waals surface area (Å²) in [6.07, 6.45) is 24.8. The third-order valence-electron chi connectivity index (χ3n) is 14.6. The van der Waals surface area contributed by atoms with E-state index in [9.17, 15) is 28.8 Å². The highest BCUT2D eigenvalue weighted by Gasteiger charge is 2.54. The molecule has 0 aromatic rings. The molecule has 0 aromatic carbocycles. The molecular formula is C55H95NO13. The average molecular weight is 978 g/mol. The fraction of sp³-hybridized carbons (Fsp3) is 0.891. The summed E-state index contributed by atoms with van der Waals surface area (Å²) in [5.74, 6) is -0.391. The summed E-state index contributed by atoms with van der Waals surface area (Å²) in [6, 6.07) is 0. The number of hydrogen-bond acceptors (Lipinski definition) is 14. The predicted octanol–water partition coefficient (Wildman–Crippen LogP) is 11.8. The molecule has 0 radical (unpaired) electrons. The molecule has 4 aliphatic rings. The van der Waals surface area contributed by atoms with Gasteiger partial charge in [-0.3, -0.25) is 24.0 Å². The Morgan fingerprint density at radius 3 is 1.33 bits per heavy atom. The zero-order valence-corrected chi connectivity index (χ0v) is 43.8. The number of nitrogens with zero attached hydrogens (tertiary/aromatic N) is 1. The highest BCUT2D eigenvalue weighted by Crippen LogP contribution is 2.64. The van der Waals surface area contributed by atoms with Gasteiger partial charge in [0.15, 0.2) is 0 Å². The second-order valence-corrected chi connectivity index (χ2v) is 20.9. The number of hydrogen-bond donors (Lipinski definition) is 0. The molecule has 14 nitrogen and oxygen atoms in total. The lowest BCUT2D eigenvalue weighted by Crippen LogP contribution is -2.50. The summed E-state index contributed by atoms with van der Waals surface area (Å²) >= 11 is 0. The van der Waals surface area contributed by atoms with E-state index in [2.05, 4.69) is 32.6 Å². The first-order chi connectivity index (χ1) is 33.4. The van der Waals surface area contributed by atoms with Crippen molar-refractivity contribution in [1.82, 2.24) is 4.90 Å². The Morgan fingerprint density at radius 1 is 0.435 bits per heavy atom. The van der Waals surface area contributed by atoms with Crippen LogP contribution in [0.1, 0.15) is 220 Å². The van der Waals surface area contributed by atoms with E-state index in [1.165, 1.54) is 77.0 Å². The molecule has 3 bridgehead atoms. The second-order valence-electron chi connectivity index (χ2n) is 20.9. The standard InChI is InChI=1S/C55H95NO13/c1-5-9-11-13-15-17-23-31-63-48(57)26-19-21-28-50(59)66-41-55(44-69-53(62)65-33-25-30-56(7-3)8-4,43-68-52(61)36-46-34-45-35-47-39-54(37-45,38-46)40-47)42-67-51(60)29-22-20-27-49(58)64-32-24-18-16-14-12-10-6-2/h45-47H,5-44H2,1-4H3. The van der Waals surface area contributed by atoms with E-state index < -0.39 is 36.1 Å². The van der Waals surface area contributed by atoms with Gasteiger partial charge in [0, 0.05) is 38.6 Å². The Balaban J connectivity index is 1.57. The Hall–Kier alpha value is -3.42. The van der Waals surface area contributed by atoms with Crippen molar-refractivity contribution in [3.63, 3.8) is 0 Å². The van der Waals surface area contributed by atoms with E-state index in [1.807, 2.05) is 0 Å². The minimum atomic E-state index is -1.44. The molecule has 0 saturated heterocycles. The van der Waals surface area contributed by atoms with Crippen LogP contribution in [0.2, 0.25) is 0 Å². The average Bonchev–Trinajstić information content (AvgIpc) is 3.32. The minimum absolute atomic E-state index is 0.0169. The topological polar surface area (TPSA) is 170 Å². The van der Waals surface area contributed by atoms with Gasteiger partial charge >= 0.3 is 36.0 Å². The van der Waals surface area contributed by atoms with E-state index in [1.54, 1.807) is 0 Å². The molecular weight excluding hydrogens is 883 g/mol. The van der Waals surface area contributed by atoms with E-state index in [-0.39, 0.29) is 76.4 Å². The molecule has 4 rings (SSSR count). The molecule has 0 aromatic heterocycles. The maximum atomic E-state index is 13.6. The second kappa shape index (κ2) is 35.6. The zero-order valence-electron chi connectivity index (χ0n) is 43.8. The molecule has 0 aliphatic heterocycles. The molecule has 4 fully saturated rings. The first-order valence-electron chi connectivity index (χ1n) is 27.7. The number of ether oxygens (including phenoxy) is 7. The lowest BCUT2D eigenvalue weighted by atomic mass is 9.45. The first kappa shape index (κ1) is 59.9. The number of rotatable bonds is 42. The molecule has 0 amide bonds. The molecule has 2 atom stereocenters. The van der Waals surface area contributed by atoms with E-state index in [4.69, 9.17) is 33.2 Å². The Bertz CT molecular complexity index is 1400. The van der Waals surface area contributed by atoms with Crippen LogP contribution in [0, 0.1) is 28.6 Å². The summed E-state index contributed by atoms with van der Waals surface area (Å²) in [4.78, 5) is 79.9. The smallest absolute Gasteiger partial charge is 0.466 e. The fourth-order valence-electron chi connectivity index (χ4n) is 10.8. The van der Waals surface area contributed by atoms with Gasteiger partial charge < -0.3 is 38.1 Å². The minimum Gasteiger partial charge on any atom is -0.466 e. The highest BCUT2D eigenvalue weighted by molar-refractivity contribution is 5.72. The van der Waals surface area contributed by atoms with Crippen LogP contribution in [0.5, 0.6) is 0 Å². The van der Waals surface area contributed by atoms with E-state index >= 15 is 0 Å². The fourth-order valence-corrected chi connectivity index (χ4v) is 10.8. The van der Waals surface area contributed by atoms with Crippen LogP contribution in [0.25, 0.3) is 0 Å². The van der Waals surface area contributed by atoms with Gasteiger partial charge in [-0.25, -0.2) is 4.79 Å². The summed E-state index contributed by atoms with van der Waals surface area (Å²) in [5.41, 5.74) is -1.08. The number of carbonyl (C=O) groups excluding carboxylic acids is 6. The molecule has 4 saturated carbocycles. The van der Waals surface area contributed by atoms with Gasteiger partial charge in [0.05, 0.1) is 19.8 Å². The largest absolute Gasteiger partial charge is 0.508 e. The van der Waals surface area contributed by atoms with Crippen LogP contribution in [0.3, 0.4) is 0 Å². The number of carbonyl (C=O) groups is 6. The summed E-state index contributed by atoms with van der Waals surface area (Å²) in [6.45, 7) is 10.4. The van der Waals surface area contributed by atoms with E-state index in [0.29, 0.717) is 56.7 Å². The van der Waals surface area contributed by atoms with Crippen molar-refractivity contribution >= 4 is 36.0 Å². The SMILES string of the molecule is CCCCCCCCCOC(=O)CCCCC(=O)OCC(COC(=O)CCCCC(=O)OCCCCCCCCC)(COC(=O)CC1CC2CC3CC(C1)(C2)C3)COC(=O)OCCCN(CC)CC. The molecule has 14 heteroatoms. The number of unbranched alkanes of at least 4 members (excludes halogenated alkanes) is 14. The Labute approximate surface area is 416 Å². The monoisotopic (exact) mass is 978 g/mol. The lowest BCUT2D eigenvalue weighted by molar-refractivity contribution is -0.167. The van der Waals surface area contributed by atoms with Crippen LogP contribution < -0.4 is 0 Å². The van der Waals surface area contributed by atoms with Crippen molar-refractivity contribution in [1.29, 1.82) is 0 Å². The molecule has 69 heavy (non-hydrogen) atoms.